The highest BCUT2D eigenvalue weighted by Crippen LogP contribution is 2.24. The molecule has 0 radical (unpaired) electrons. The molecule has 2 aromatic carbocycles. The van der Waals surface area contributed by atoms with Gasteiger partial charge in [-0.2, -0.15) is 0 Å². The summed E-state index contributed by atoms with van der Waals surface area (Å²) in [4.78, 5) is 0. The summed E-state index contributed by atoms with van der Waals surface area (Å²) in [6, 6.07) is 14.1. The zero-order valence-corrected chi connectivity index (χ0v) is 18.2. The van der Waals surface area contributed by atoms with Crippen LogP contribution in [0.15, 0.2) is 47.6 Å². The highest BCUT2D eigenvalue weighted by Gasteiger charge is 2.06. The molecular formula is C19H23Cl2N5OS. The van der Waals surface area contributed by atoms with E-state index >= 15 is 0 Å². The normalized spacial score (nSPS) is 10.5. The van der Waals surface area contributed by atoms with Crippen molar-refractivity contribution < 1.29 is 4.74 Å². The number of benzene rings is 2. The lowest BCUT2D eigenvalue weighted by molar-refractivity contribution is 0.302. The molecule has 3 aromatic rings. The van der Waals surface area contributed by atoms with E-state index in [0.29, 0.717) is 18.2 Å². The van der Waals surface area contributed by atoms with Gasteiger partial charge in [0.15, 0.2) is 0 Å². The third-order valence-corrected chi connectivity index (χ3v) is 5.19. The Hall–Kier alpha value is -1.80. The van der Waals surface area contributed by atoms with E-state index in [2.05, 4.69) is 52.0 Å². The van der Waals surface area contributed by atoms with Crippen LogP contribution in [0.25, 0.3) is 0 Å². The highest BCUT2D eigenvalue weighted by atomic mass is 35.5. The number of thioether (sulfide) groups is 1. The maximum Gasteiger partial charge on any atom is 0.209 e. The molecule has 6 nitrogen and oxygen atoms in total. The van der Waals surface area contributed by atoms with Crippen molar-refractivity contribution in [2.24, 2.45) is 7.05 Å². The van der Waals surface area contributed by atoms with Crippen LogP contribution in [0.1, 0.15) is 16.7 Å². The smallest absolute Gasteiger partial charge is 0.209 e. The summed E-state index contributed by atoms with van der Waals surface area (Å²) in [5, 5.41) is 16.3. The van der Waals surface area contributed by atoms with E-state index < -0.39 is 0 Å². The largest absolute Gasteiger partial charge is 0.489 e. The standard InChI is InChI=1S/C19H22ClN5OS.ClH/c1-14-3-5-15(6-4-14)13-26-18-8-7-17(20)11-16(18)12-21-9-10-27-19-22-23-24-25(19)2;/h3-8,11,21H,9-10,12-13H2,1-2H3;1H. The lowest BCUT2D eigenvalue weighted by Crippen LogP contribution is -2.17. The Labute approximate surface area is 180 Å². The molecule has 1 heterocycles. The van der Waals surface area contributed by atoms with Gasteiger partial charge in [-0.15, -0.1) is 17.5 Å². The average molecular weight is 440 g/mol. The number of rotatable bonds is 9. The minimum atomic E-state index is 0. The number of aryl methyl sites for hydroxylation is 2. The topological polar surface area (TPSA) is 64.9 Å². The first kappa shape index (κ1) is 22.5. The molecule has 0 saturated carbocycles. The molecule has 0 aliphatic rings. The number of hydrogen-bond acceptors (Lipinski definition) is 6. The molecule has 0 atom stereocenters. The van der Waals surface area contributed by atoms with Crippen molar-refractivity contribution in [1.82, 2.24) is 25.5 Å². The molecule has 28 heavy (non-hydrogen) atoms. The summed E-state index contributed by atoms with van der Waals surface area (Å²) in [7, 11) is 1.83. The van der Waals surface area contributed by atoms with E-state index in [0.717, 1.165) is 34.3 Å². The van der Waals surface area contributed by atoms with E-state index in [1.54, 1.807) is 16.4 Å². The monoisotopic (exact) mass is 439 g/mol. The van der Waals surface area contributed by atoms with Crippen LogP contribution in [0.3, 0.4) is 0 Å². The molecule has 0 fully saturated rings. The van der Waals surface area contributed by atoms with Crippen molar-refractivity contribution in [1.29, 1.82) is 0 Å². The minimum Gasteiger partial charge on any atom is -0.489 e. The zero-order chi connectivity index (χ0) is 19.1. The highest BCUT2D eigenvalue weighted by molar-refractivity contribution is 7.99. The van der Waals surface area contributed by atoms with Gasteiger partial charge in [0, 0.05) is 36.5 Å². The van der Waals surface area contributed by atoms with Crippen molar-refractivity contribution >= 4 is 35.8 Å². The van der Waals surface area contributed by atoms with Gasteiger partial charge < -0.3 is 10.1 Å². The van der Waals surface area contributed by atoms with Crippen LogP contribution < -0.4 is 10.1 Å². The number of nitrogens with one attached hydrogen (secondary N) is 1. The van der Waals surface area contributed by atoms with E-state index in [9.17, 15) is 0 Å². The molecule has 150 valence electrons. The Morgan fingerprint density at radius 2 is 1.96 bits per heavy atom. The molecule has 0 bridgehead atoms. The minimum absolute atomic E-state index is 0. The number of nitrogens with zero attached hydrogens (tertiary/aromatic N) is 4. The van der Waals surface area contributed by atoms with E-state index in [1.807, 2.05) is 25.2 Å². The van der Waals surface area contributed by atoms with Crippen molar-refractivity contribution in [3.05, 3.63) is 64.2 Å². The van der Waals surface area contributed by atoms with Crippen LogP contribution in [-0.4, -0.2) is 32.5 Å². The molecule has 0 spiro atoms. The van der Waals surface area contributed by atoms with Crippen LogP contribution in [-0.2, 0) is 20.2 Å². The van der Waals surface area contributed by atoms with Gasteiger partial charge in [0.05, 0.1) is 0 Å². The third kappa shape index (κ3) is 6.67. The molecule has 0 amide bonds. The van der Waals surface area contributed by atoms with Gasteiger partial charge in [0.25, 0.3) is 0 Å². The fourth-order valence-electron chi connectivity index (χ4n) is 2.45. The quantitative estimate of drug-likeness (QED) is 0.400. The van der Waals surface area contributed by atoms with Crippen LogP contribution >= 0.6 is 35.8 Å². The van der Waals surface area contributed by atoms with Crippen molar-refractivity contribution in [2.45, 2.75) is 25.2 Å². The predicted octanol–water partition coefficient (Wildman–Crippen LogP) is 4.05. The number of hydrogen-bond donors (Lipinski definition) is 1. The number of tetrazole rings is 1. The molecule has 0 aliphatic heterocycles. The SMILES string of the molecule is Cc1ccc(COc2ccc(Cl)cc2CNCCSc2nnnn2C)cc1.Cl. The fraction of sp³-hybridized carbons (Fsp3) is 0.316. The summed E-state index contributed by atoms with van der Waals surface area (Å²) >= 11 is 7.78. The summed E-state index contributed by atoms with van der Waals surface area (Å²) in [5.74, 6) is 1.71. The van der Waals surface area contributed by atoms with Gasteiger partial charge in [-0.1, -0.05) is 53.2 Å². The molecule has 0 aliphatic carbocycles. The molecule has 3 rings (SSSR count). The van der Waals surface area contributed by atoms with Crippen LogP contribution in [0, 0.1) is 6.92 Å². The summed E-state index contributed by atoms with van der Waals surface area (Å²) < 4.78 is 7.68. The number of ether oxygens (including phenoxy) is 1. The Morgan fingerprint density at radius 3 is 2.68 bits per heavy atom. The van der Waals surface area contributed by atoms with Crippen LogP contribution in [0.2, 0.25) is 5.02 Å². The van der Waals surface area contributed by atoms with E-state index in [-0.39, 0.29) is 12.4 Å². The van der Waals surface area contributed by atoms with Gasteiger partial charge >= 0.3 is 0 Å². The zero-order valence-electron chi connectivity index (χ0n) is 15.8. The molecule has 0 saturated heterocycles. The van der Waals surface area contributed by atoms with Crippen molar-refractivity contribution in [3.63, 3.8) is 0 Å². The van der Waals surface area contributed by atoms with E-state index in [4.69, 9.17) is 16.3 Å². The Morgan fingerprint density at radius 1 is 1.18 bits per heavy atom. The summed E-state index contributed by atoms with van der Waals surface area (Å²) in [6.07, 6.45) is 0. The molecular weight excluding hydrogens is 417 g/mol. The van der Waals surface area contributed by atoms with Gasteiger partial charge in [-0.3, -0.25) is 0 Å². The second-order valence-electron chi connectivity index (χ2n) is 6.14. The first-order valence-corrected chi connectivity index (χ1v) is 10.0. The Bertz CT molecular complexity index is 873. The molecule has 1 N–H and O–H groups in total. The van der Waals surface area contributed by atoms with Crippen molar-refractivity contribution in [2.75, 3.05) is 12.3 Å². The van der Waals surface area contributed by atoms with Gasteiger partial charge in [0.2, 0.25) is 5.16 Å². The number of halogens is 2. The van der Waals surface area contributed by atoms with Crippen LogP contribution in [0.5, 0.6) is 5.75 Å². The lowest BCUT2D eigenvalue weighted by Gasteiger charge is -2.13. The first-order valence-electron chi connectivity index (χ1n) is 8.64. The molecule has 9 heteroatoms. The average Bonchev–Trinajstić information content (AvgIpc) is 3.07. The summed E-state index contributed by atoms with van der Waals surface area (Å²) in [6.45, 7) is 4.11. The Balaban J connectivity index is 0.00000280. The molecule has 1 aromatic heterocycles. The van der Waals surface area contributed by atoms with Crippen LogP contribution in [0.4, 0.5) is 0 Å². The third-order valence-electron chi connectivity index (χ3n) is 3.94. The second-order valence-corrected chi connectivity index (χ2v) is 7.64. The van der Waals surface area contributed by atoms with Gasteiger partial charge in [-0.05, 0) is 41.1 Å². The number of aromatic nitrogens is 4. The van der Waals surface area contributed by atoms with E-state index in [1.165, 1.54) is 5.56 Å². The summed E-state index contributed by atoms with van der Waals surface area (Å²) in [5.41, 5.74) is 3.42. The second kappa shape index (κ2) is 11.3. The maximum atomic E-state index is 6.16. The van der Waals surface area contributed by atoms with Gasteiger partial charge in [-0.25, -0.2) is 4.68 Å². The molecule has 0 unspecified atom stereocenters. The fourth-order valence-corrected chi connectivity index (χ4v) is 3.39. The predicted molar refractivity (Wildman–Crippen MR) is 115 cm³/mol. The first-order chi connectivity index (χ1) is 13.1. The van der Waals surface area contributed by atoms with Gasteiger partial charge in [0.1, 0.15) is 12.4 Å². The maximum absolute atomic E-state index is 6.16. The lowest BCUT2D eigenvalue weighted by atomic mass is 10.1. The van der Waals surface area contributed by atoms with Crippen molar-refractivity contribution in [3.8, 4) is 5.75 Å². The Kier molecular flexibility index (Phi) is 9.05.